The molecule has 2 aromatic carbocycles. The topological polar surface area (TPSA) is 58.4 Å². The van der Waals surface area contributed by atoms with E-state index in [9.17, 15) is 4.79 Å². The molecule has 20 heavy (non-hydrogen) atoms. The molecule has 0 saturated heterocycles. The molecule has 3 N–H and O–H groups in total. The van der Waals surface area contributed by atoms with E-state index in [-0.39, 0.29) is 6.03 Å². The number of benzene rings is 2. The van der Waals surface area contributed by atoms with Crippen molar-refractivity contribution in [2.24, 2.45) is 0 Å². The Hall–Kier alpha value is -2.49. The Morgan fingerprint density at radius 2 is 2.00 bits per heavy atom. The second-order valence-electron chi connectivity index (χ2n) is 4.93. The molecule has 0 bridgehead atoms. The van der Waals surface area contributed by atoms with Crippen molar-refractivity contribution in [2.45, 2.75) is 13.0 Å². The van der Waals surface area contributed by atoms with Crippen molar-refractivity contribution in [1.82, 2.24) is 5.32 Å². The minimum atomic E-state index is -0.0580. The molecule has 0 fully saturated rings. The van der Waals surface area contributed by atoms with E-state index in [4.69, 9.17) is 5.73 Å². The number of nitrogens with one attached hydrogen (secondary N) is 1. The zero-order valence-electron chi connectivity index (χ0n) is 11.2. The van der Waals surface area contributed by atoms with Crippen molar-refractivity contribution in [3.63, 3.8) is 0 Å². The molecule has 0 aromatic heterocycles. The van der Waals surface area contributed by atoms with Crippen molar-refractivity contribution in [1.29, 1.82) is 0 Å². The number of amides is 2. The third-order valence-corrected chi connectivity index (χ3v) is 3.53. The lowest BCUT2D eigenvalue weighted by Crippen LogP contribution is -2.38. The number of fused-ring (bicyclic) bond motifs is 1. The van der Waals surface area contributed by atoms with Gasteiger partial charge in [0, 0.05) is 24.5 Å². The number of carbonyl (C=O) groups excluding carboxylic acids is 1. The van der Waals surface area contributed by atoms with Gasteiger partial charge < -0.3 is 11.1 Å². The summed E-state index contributed by atoms with van der Waals surface area (Å²) in [6.07, 6.45) is 0.860. The van der Waals surface area contributed by atoms with Crippen molar-refractivity contribution in [3.05, 3.63) is 59.7 Å². The summed E-state index contributed by atoms with van der Waals surface area (Å²) in [4.78, 5) is 14.0. The van der Waals surface area contributed by atoms with Crippen LogP contribution in [0.4, 0.5) is 16.2 Å². The lowest BCUT2D eigenvalue weighted by atomic mass is 10.1. The van der Waals surface area contributed by atoms with E-state index in [1.54, 1.807) is 4.90 Å². The van der Waals surface area contributed by atoms with Crippen LogP contribution in [0.15, 0.2) is 48.5 Å². The molecule has 0 aliphatic carbocycles. The highest BCUT2D eigenvalue weighted by Gasteiger charge is 2.24. The quantitative estimate of drug-likeness (QED) is 0.821. The summed E-state index contributed by atoms with van der Waals surface area (Å²) in [5.74, 6) is 0. The third kappa shape index (κ3) is 2.45. The summed E-state index contributed by atoms with van der Waals surface area (Å²) < 4.78 is 0. The molecular weight excluding hydrogens is 250 g/mol. The fourth-order valence-electron chi connectivity index (χ4n) is 2.50. The maximum absolute atomic E-state index is 12.2. The molecule has 0 radical (unpaired) electrons. The van der Waals surface area contributed by atoms with Crippen LogP contribution in [0.3, 0.4) is 0 Å². The van der Waals surface area contributed by atoms with E-state index in [0.29, 0.717) is 13.1 Å². The minimum absolute atomic E-state index is 0.0580. The number of nitrogens with two attached hydrogens (primary N) is 1. The summed E-state index contributed by atoms with van der Waals surface area (Å²) in [7, 11) is 0. The number of nitrogens with zero attached hydrogens (tertiary/aromatic N) is 1. The van der Waals surface area contributed by atoms with Gasteiger partial charge in [-0.3, -0.25) is 4.90 Å². The highest BCUT2D eigenvalue weighted by molar-refractivity contribution is 5.94. The summed E-state index contributed by atoms with van der Waals surface area (Å²) >= 11 is 0. The highest BCUT2D eigenvalue weighted by Crippen LogP contribution is 2.29. The Morgan fingerprint density at radius 1 is 1.20 bits per heavy atom. The van der Waals surface area contributed by atoms with Crippen LogP contribution in [0.1, 0.15) is 11.1 Å². The Balaban J connectivity index is 1.68. The van der Waals surface area contributed by atoms with Gasteiger partial charge in [0.05, 0.1) is 0 Å². The van der Waals surface area contributed by atoms with Crippen LogP contribution in [-0.2, 0) is 13.0 Å². The number of rotatable bonds is 2. The van der Waals surface area contributed by atoms with Crippen LogP contribution in [0.2, 0.25) is 0 Å². The number of hydrogen-bond acceptors (Lipinski definition) is 2. The summed E-state index contributed by atoms with van der Waals surface area (Å²) in [6.45, 7) is 1.25. The molecule has 1 aliphatic heterocycles. The molecule has 1 heterocycles. The average molecular weight is 267 g/mol. The molecule has 2 aromatic rings. The molecule has 0 atom stereocenters. The van der Waals surface area contributed by atoms with E-state index < -0.39 is 0 Å². The fraction of sp³-hybridized carbons (Fsp3) is 0.188. The van der Waals surface area contributed by atoms with E-state index in [1.165, 1.54) is 0 Å². The first kappa shape index (κ1) is 12.5. The molecular formula is C16H17N3O. The first-order chi connectivity index (χ1) is 9.74. The van der Waals surface area contributed by atoms with Gasteiger partial charge in [0.25, 0.3) is 0 Å². The van der Waals surface area contributed by atoms with Gasteiger partial charge in [-0.15, -0.1) is 0 Å². The van der Waals surface area contributed by atoms with Gasteiger partial charge in [-0.1, -0.05) is 30.3 Å². The third-order valence-electron chi connectivity index (χ3n) is 3.53. The normalized spacial score (nSPS) is 13.1. The second kappa shape index (κ2) is 5.25. The van der Waals surface area contributed by atoms with Crippen molar-refractivity contribution in [2.75, 3.05) is 17.2 Å². The zero-order chi connectivity index (χ0) is 13.9. The maximum Gasteiger partial charge on any atom is 0.322 e. The van der Waals surface area contributed by atoms with Crippen LogP contribution in [0.5, 0.6) is 0 Å². The average Bonchev–Trinajstić information content (AvgIpc) is 2.89. The summed E-state index contributed by atoms with van der Waals surface area (Å²) in [5, 5.41) is 2.95. The lowest BCUT2D eigenvalue weighted by molar-refractivity contribution is 0.246. The van der Waals surface area contributed by atoms with Crippen molar-refractivity contribution in [3.8, 4) is 0 Å². The molecule has 102 valence electrons. The Labute approximate surface area is 118 Å². The molecule has 3 rings (SSSR count). The van der Waals surface area contributed by atoms with Gasteiger partial charge in [0.2, 0.25) is 0 Å². The van der Waals surface area contributed by atoms with E-state index in [0.717, 1.165) is 28.9 Å². The lowest BCUT2D eigenvalue weighted by Gasteiger charge is -2.18. The van der Waals surface area contributed by atoms with Crippen LogP contribution in [-0.4, -0.2) is 12.6 Å². The predicted octanol–water partition coefficient (Wildman–Crippen LogP) is 2.54. The van der Waals surface area contributed by atoms with Gasteiger partial charge in [0.1, 0.15) is 0 Å². The largest absolute Gasteiger partial charge is 0.399 e. The van der Waals surface area contributed by atoms with Gasteiger partial charge in [0.15, 0.2) is 0 Å². The number of anilines is 2. The fourth-order valence-corrected chi connectivity index (χ4v) is 2.50. The number of urea groups is 1. The Bertz CT molecular complexity index is 625. The van der Waals surface area contributed by atoms with E-state index in [2.05, 4.69) is 5.32 Å². The highest BCUT2D eigenvalue weighted by atomic mass is 16.2. The molecule has 0 spiro atoms. The number of nitrogen functional groups attached to an aromatic ring is 1. The molecule has 4 nitrogen and oxygen atoms in total. The first-order valence-corrected chi connectivity index (χ1v) is 6.72. The first-order valence-electron chi connectivity index (χ1n) is 6.72. The van der Waals surface area contributed by atoms with Crippen LogP contribution in [0, 0.1) is 0 Å². The molecule has 1 aliphatic rings. The van der Waals surface area contributed by atoms with Crippen LogP contribution < -0.4 is 16.0 Å². The second-order valence-corrected chi connectivity index (χ2v) is 4.93. The number of carbonyl (C=O) groups is 1. The van der Waals surface area contributed by atoms with Gasteiger partial charge in [-0.25, -0.2) is 4.79 Å². The Kier molecular flexibility index (Phi) is 3.29. The molecule has 0 unspecified atom stereocenters. The molecule has 0 saturated carbocycles. The smallest absolute Gasteiger partial charge is 0.322 e. The standard InChI is InChI=1S/C16H17N3O/c17-14-6-7-15-13(10-14)8-9-19(15)16(20)18-11-12-4-2-1-3-5-12/h1-7,10H,8-9,11,17H2,(H,18,20). The van der Waals surface area contributed by atoms with Crippen molar-refractivity contribution >= 4 is 17.4 Å². The SMILES string of the molecule is Nc1ccc2c(c1)CCN2C(=O)NCc1ccccc1. The predicted molar refractivity (Wildman–Crippen MR) is 80.6 cm³/mol. The summed E-state index contributed by atoms with van der Waals surface area (Å²) in [5.41, 5.74) is 9.71. The molecule has 4 heteroatoms. The van der Waals surface area contributed by atoms with Crippen LogP contribution >= 0.6 is 0 Å². The van der Waals surface area contributed by atoms with Gasteiger partial charge in [-0.05, 0) is 35.7 Å². The Morgan fingerprint density at radius 3 is 2.80 bits per heavy atom. The summed E-state index contributed by atoms with van der Waals surface area (Å²) in [6, 6.07) is 15.5. The van der Waals surface area contributed by atoms with Gasteiger partial charge in [-0.2, -0.15) is 0 Å². The van der Waals surface area contributed by atoms with Gasteiger partial charge >= 0.3 is 6.03 Å². The molecule has 2 amide bonds. The van der Waals surface area contributed by atoms with Crippen LogP contribution in [0.25, 0.3) is 0 Å². The van der Waals surface area contributed by atoms with E-state index in [1.807, 2.05) is 48.5 Å². The van der Waals surface area contributed by atoms with E-state index >= 15 is 0 Å². The number of hydrogen-bond donors (Lipinski definition) is 2. The zero-order valence-corrected chi connectivity index (χ0v) is 11.2. The maximum atomic E-state index is 12.2. The van der Waals surface area contributed by atoms with Crippen molar-refractivity contribution < 1.29 is 4.79 Å². The monoisotopic (exact) mass is 267 g/mol. The minimum Gasteiger partial charge on any atom is -0.399 e.